The summed E-state index contributed by atoms with van der Waals surface area (Å²) in [7, 11) is 0. The van der Waals surface area contributed by atoms with Crippen molar-refractivity contribution >= 4 is 5.84 Å². The first-order valence-corrected chi connectivity index (χ1v) is 7.48. The molecule has 0 bridgehead atoms. The second-order valence-electron chi connectivity index (χ2n) is 6.38. The third kappa shape index (κ3) is 2.97. The van der Waals surface area contributed by atoms with Crippen molar-refractivity contribution in [1.29, 1.82) is 0 Å². The van der Waals surface area contributed by atoms with E-state index in [9.17, 15) is 0 Å². The van der Waals surface area contributed by atoms with Gasteiger partial charge in [-0.05, 0) is 45.4 Å². The fraction of sp³-hybridized carbons (Fsp3) is 0.733. The van der Waals surface area contributed by atoms with Gasteiger partial charge in [-0.1, -0.05) is 19.0 Å². The fourth-order valence-electron chi connectivity index (χ4n) is 2.97. The summed E-state index contributed by atoms with van der Waals surface area (Å²) < 4.78 is 2.36. The van der Waals surface area contributed by atoms with E-state index in [4.69, 9.17) is 15.9 Å². The van der Waals surface area contributed by atoms with Gasteiger partial charge in [-0.2, -0.15) is 0 Å². The van der Waals surface area contributed by atoms with E-state index < -0.39 is 0 Å². The molecule has 112 valence electrons. The van der Waals surface area contributed by atoms with Crippen molar-refractivity contribution in [3.05, 3.63) is 17.2 Å². The Morgan fingerprint density at radius 1 is 1.40 bits per heavy atom. The van der Waals surface area contributed by atoms with Gasteiger partial charge in [0.25, 0.3) is 0 Å². The predicted molar refractivity (Wildman–Crippen MR) is 80.0 cm³/mol. The number of hydrogen-bond donors (Lipinski definition) is 2. The molecule has 1 aromatic heterocycles. The van der Waals surface area contributed by atoms with Gasteiger partial charge in [-0.15, -0.1) is 0 Å². The van der Waals surface area contributed by atoms with Crippen LogP contribution in [0.2, 0.25) is 0 Å². The molecule has 0 radical (unpaired) electrons. The minimum absolute atomic E-state index is 0.261. The highest BCUT2D eigenvalue weighted by Crippen LogP contribution is 2.25. The van der Waals surface area contributed by atoms with Gasteiger partial charge in [-0.3, -0.25) is 0 Å². The molecular weight excluding hydrogens is 252 g/mol. The maximum atomic E-state index is 8.80. The molecule has 0 spiro atoms. The number of hydrogen-bond acceptors (Lipinski definition) is 3. The van der Waals surface area contributed by atoms with Crippen molar-refractivity contribution in [2.24, 2.45) is 16.3 Å². The molecule has 5 heteroatoms. The molecule has 0 aromatic carbocycles. The summed E-state index contributed by atoms with van der Waals surface area (Å²) in [4.78, 5) is 4.69. The van der Waals surface area contributed by atoms with E-state index in [1.165, 1.54) is 24.2 Å². The van der Waals surface area contributed by atoms with E-state index >= 15 is 0 Å². The summed E-state index contributed by atoms with van der Waals surface area (Å²) in [5.74, 6) is 1.43. The molecule has 1 aromatic rings. The molecule has 0 aliphatic heterocycles. The lowest BCUT2D eigenvalue weighted by Gasteiger charge is -2.23. The van der Waals surface area contributed by atoms with Crippen molar-refractivity contribution in [1.82, 2.24) is 9.55 Å². The largest absolute Gasteiger partial charge is 0.409 e. The third-order valence-electron chi connectivity index (χ3n) is 4.41. The molecule has 0 saturated carbocycles. The zero-order chi connectivity index (χ0) is 14.8. The fourth-order valence-corrected chi connectivity index (χ4v) is 2.97. The van der Waals surface area contributed by atoms with Crippen LogP contribution in [0, 0.1) is 12.3 Å². The van der Waals surface area contributed by atoms with Crippen molar-refractivity contribution in [3.63, 3.8) is 0 Å². The number of amidine groups is 1. The van der Waals surface area contributed by atoms with Crippen molar-refractivity contribution in [2.45, 2.75) is 65.8 Å². The number of oxime groups is 1. The van der Waals surface area contributed by atoms with Gasteiger partial charge < -0.3 is 15.5 Å². The van der Waals surface area contributed by atoms with Crippen LogP contribution in [0.4, 0.5) is 0 Å². The SMILES string of the molecule is Cc1nc2c(n1CCCC(C)(C)C(N)=NO)CCCC2. The summed E-state index contributed by atoms with van der Waals surface area (Å²) in [6.07, 6.45) is 6.72. The molecule has 2 rings (SSSR count). The maximum absolute atomic E-state index is 8.80. The molecule has 20 heavy (non-hydrogen) atoms. The number of fused-ring (bicyclic) bond motifs is 1. The number of imidazole rings is 1. The molecule has 3 N–H and O–H groups in total. The van der Waals surface area contributed by atoms with Crippen LogP contribution in [0.3, 0.4) is 0 Å². The van der Waals surface area contributed by atoms with Gasteiger partial charge in [0.2, 0.25) is 0 Å². The first-order valence-electron chi connectivity index (χ1n) is 7.48. The van der Waals surface area contributed by atoms with Gasteiger partial charge in [-0.25, -0.2) is 4.98 Å². The molecule has 0 saturated heterocycles. The lowest BCUT2D eigenvalue weighted by atomic mass is 9.86. The molecule has 1 heterocycles. The predicted octanol–water partition coefficient (Wildman–Crippen LogP) is 2.62. The van der Waals surface area contributed by atoms with E-state index in [2.05, 4.69) is 16.6 Å². The van der Waals surface area contributed by atoms with Crippen molar-refractivity contribution in [3.8, 4) is 0 Å². The molecule has 1 aliphatic rings. The molecule has 1 aliphatic carbocycles. The number of aryl methyl sites for hydroxylation is 2. The summed E-state index contributed by atoms with van der Waals surface area (Å²) in [6, 6.07) is 0. The zero-order valence-corrected chi connectivity index (χ0v) is 12.8. The van der Waals surface area contributed by atoms with E-state index in [0.29, 0.717) is 5.84 Å². The molecular formula is C15H26N4O. The Kier molecular flexibility index (Phi) is 4.35. The zero-order valence-electron chi connectivity index (χ0n) is 12.8. The lowest BCUT2D eigenvalue weighted by Crippen LogP contribution is -2.32. The first-order chi connectivity index (χ1) is 9.45. The van der Waals surface area contributed by atoms with Crippen LogP contribution < -0.4 is 5.73 Å². The van der Waals surface area contributed by atoms with E-state index in [1.54, 1.807) is 0 Å². The quantitative estimate of drug-likeness (QED) is 0.376. The van der Waals surface area contributed by atoms with E-state index in [-0.39, 0.29) is 5.41 Å². The minimum Gasteiger partial charge on any atom is -0.409 e. The van der Waals surface area contributed by atoms with Crippen LogP contribution in [-0.4, -0.2) is 20.6 Å². The molecule has 0 amide bonds. The Bertz CT molecular complexity index is 502. The van der Waals surface area contributed by atoms with Gasteiger partial charge in [0.15, 0.2) is 0 Å². The van der Waals surface area contributed by atoms with E-state index in [0.717, 1.165) is 38.1 Å². The Hall–Kier alpha value is -1.52. The number of nitrogens with zero attached hydrogens (tertiary/aromatic N) is 3. The topological polar surface area (TPSA) is 76.4 Å². The van der Waals surface area contributed by atoms with Crippen LogP contribution in [0.25, 0.3) is 0 Å². The first kappa shape index (κ1) is 14.9. The lowest BCUT2D eigenvalue weighted by molar-refractivity contribution is 0.303. The van der Waals surface area contributed by atoms with Gasteiger partial charge >= 0.3 is 0 Å². The standard InChI is InChI=1S/C15H26N4O/c1-11-17-12-7-4-5-8-13(12)19(11)10-6-9-15(2,3)14(16)18-20/h20H,4-10H2,1-3H3,(H2,16,18). The van der Waals surface area contributed by atoms with Crippen LogP contribution in [0.1, 0.15) is 56.7 Å². The Morgan fingerprint density at radius 3 is 2.80 bits per heavy atom. The second-order valence-corrected chi connectivity index (χ2v) is 6.38. The van der Waals surface area contributed by atoms with Crippen molar-refractivity contribution in [2.75, 3.05) is 0 Å². The number of nitrogens with two attached hydrogens (primary N) is 1. The van der Waals surface area contributed by atoms with Gasteiger partial charge in [0, 0.05) is 17.7 Å². The Balaban J connectivity index is 2.00. The highest BCUT2D eigenvalue weighted by molar-refractivity contribution is 5.85. The Morgan fingerprint density at radius 2 is 2.10 bits per heavy atom. The van der Waals surface area contributed by atoms with Crippen LogP contribution in [0.15, 0.2) is 5.16 Å². The van der Waals surface area contributed by atoms with Crippen LogP contribution in [0.5, 0.6) is 0 Å². The third-order valence-corrected chi connectivity index (χ3v) is 4.41. The molecule has 0 unspecified atom stereocenters. The summed E-state index contributed by atoms with van der Waals surface area (Å²) in [5, 5.41) is 11.9. The normalized spacial score (nSPS) is 16.2. The highest BCUT2D eigenvalue weighted by Gasteiger charge is 2.24. The monoisotopic (exact) mass is 278 g/mol. The Labute approximate surface area is 120 Å². The number of aromatic nitrogens is 2. The maximum Gasteiger partial charge on any atom is 0.144 e. The van der Waals surface area contributed by atoms with E-state index in [1.807, 2.05) is 13.8 Å². The molecule has 0 atom stereocenters. The minimum atomic E-state index is -0.261. The average Bonchev–Trinajstić information content (AvgIpc) is 2.74. The second kappa shape index (κ2) is 5.85. The molecule has 0 fully saturated rings. The van der Waals surface area contributed by atoms with Crippen molar-refractivity contribution < 1.29 is 5.21 Å². The van der Waals surface area contributed by atoms with Crippen LogP contribution in [-0.2, 0) is 19.4 Å². The average molecular weight is 278 g/mol. The summed E-state index contributed by atoms with van der Waals surface area (Å²) >= 11 is 0. The summed E-state index contributed by atoms with van der Waals surface area (Å²) in [6.45, 7) is 7.08. The smallest absolute Gasteiger partial charge is 0.144 e. The van der Waals surface area contributed by atoms with Crippen LogP contribution >= 0.6 is 0 Å². The van der Waals surface area contributed by atoms with Gasteiger partial charge in [0.1, 0.15) is 11.7 Å². The highest BCUT2D eigenvalue weighted by atomic mass is 16.4. The van der Waals surface area contributed by atoms with Gasteiger partial charge in [0.05, 0.1) is 5.69 Å². The molecule has 5 nitrogen and oxygen atoms in total. The summed E-state index contributed by atoms with van der Waals surface area (Å²) in [5.41, 5.74) is 8.19. The number of rotatable bonds is 5.